The molecular formula is C18H22Cl2N2O2S. The molecule has 136 valence electrons. The van der Waals surface area contributed by atoms with E-state index in [1.807, 2.05) is 0 Å². The second-order valence-corrected chi connectivity index (χ2v) is 8.41. The van der Waals surface area contributed by atoms with Gasteiger partial charge >= 0.3 is 0 Å². The predicted octanol–water partition coefficient (Wildman–Crippen LogP) is 3.58. The summed E-state index contributed by atoms with van der Waals surface area (Å²) in [6.45, 7) is 5.33. The van der Waals surface area contributed by atoms with E-state index in [1.165, 1.54) is 15.4 Å². The molecule has 0 spiro atoms. The Kier molecular flexibility index (Phi) is 6.88. The van der Waals surface area contributed by atoms with Crippen LogP contribution in [0.2, 0.25) is 5.02 Å². The van der Waals surface area contributed by atoms with Gasteiger partial charge in [0.15, 0.2) is 0 Å². The largest absolute Gasteiger partial charge is 0.296 e. The highest BCUT2D eigenvalue weighted by atomic mass is 35.5. The van der Waals surface area contributed by atoms with Crippen molar-refractivity contribution in [2.45, 2.75) is 18.4 Å². The van der Waals surface area contributed by atoms with Crippen LogP contribution >= 0.6 is 24.0 Å². The summed E-state index contributed by atoms with van der Waals surface area (Å²) in [5.41, 5.74) is 2.50. The van der Waals surface area contributed by atoms with Crippen LogP contribution in [0.15, 0.2) is 53.4 Å². The van der Waals surface area contributed by atoms with Crippen LogP contribution in [0.5, 0.6) is 0 Å². The lowest BCUT2D eigenvalue weighted by atomic mass is 10.1. The Morgan fingerprint density at radius 1 is 0.960 bits per heavy atom. The highest BCUT2D eigenvalue weighted by Crippen LogP contribution is 2.25. The maximum absolute atomic E-state index is 12.7. The minimum absolute atomic E-state index is 0. The van der Waals surface area contributed by atoms with E-state index in [9.17, 15) is 8.42 Å². The van der Waals surface area contributed by atoms with Crippen LogP contribution in [0.25, 0.3) is 0 Å². The van der Waals surface area contributed by atoms with Crippen molar-refractivity contribution in [1.82, 2.24) is 9.21 Å². The first-order valence-electron chi connectivity index (χ1n) is 7.99. The van der Waals surface area contributed by atoms with Crippen molar-refractivity contribution >= 4 is 34.0 Å². The Morgan fingerprint density at radius 2 is 1.56 bits per heavy atom. The van der Waals surface area contributed by atoms with Gasteiger partial charge in [0.05, 0.1) is 5.02 Å². The maximum Gasteiger partial charge on any atom is 0.244 e. The van der Waals surface area contributed by atoms with Gasteiger partial charge in [-0.1, -0.05) is 53.6 Å². The topological polar surface area (TPSA) is 40.6 Å². The molecule has 2 aromatic rings. The van der Waals surface area contributed by atoms with E-state index in [1.54, 1.807) is 24.3 Å². The molecule has 4 nitrogen and oxygen atoms in total. The molecule has 25 heavy (non-hydrogen) atoms. The Balaban J connectivity index is 0.00000225. The fourth-order valence-electron chi connectivity index (χ4n) is 2.87. The van der Waals surface area contributed by atoms with Crippen molar-refractivity contribution in [2.75, 3.05) is 26.2 Å². The smallest absolute Gasteiger partial charge is 0.244 e. The van der Waals surface area contributed by atoms with E-state index in [4.69, 9.17) is 11.6 Å². The quantitative estimate of drug-likeness (QED) is 0.787. The summed E-state index contributed by atoms with van der Waals surface area (Å²) >= 11 is 6.06. The van der Waals surface area contributed by atoms with Crippen molar-refractivity contribution in [1.29, 1.82) is 0 Å². The highest BCUT2D eigenvalue weighted by molar-refractivity contribution is 7.89. The van der Waals surface area contributed by atoms with Crippen molar-refractivity contribution in [3.05, 3.63) is 64.7 Å². The normalized spacial score (nSPS) is 16.4. The molecule has 7 heteroatoms. The molecule has 0 saturated carbocycles. The Bertz CT molecular complexity index is 802. The lowest BCUT2D eigenvalue weighted by Crippen LogP contribution is -2.48. The van der Waals surface area contributed by atoms with Gasteiger partial charge in [-0.3, -0.25) is 4.90 Å². The zero-order chi connectivity index (χ0) is 17.2. The van der Waals surface area contributed by atoms with E-state index in [2.05, 4.69) is 36.1 Å². The first-order chi connectivity index (χ1) is 11.5. The van der Waals surface area contributed by atoms with Gasteiger partial charge < -0.3 is 0 Å². The van der Waals surface area contributed by atoms with Gasteiger partial charge in [0.25, 0.3) is 0 Å². The molecule has 3 rings (SSSR count). The van der Waals surface area contributed by atoms with Crippen LogP contribution in [0.1, 0.15) is 11.1 Å². The zero-order valence-electron chi connectivity index (χ0n) is 14.1. The summed E-state index contributed by atoms with van der Waals surface area (Å²) < 4.78 is 27.0. The number of rotatable bonds is 4. The van der Waals surface area contributed by atoms with Crippen molar-refractivity contribution in [3.8, 4) is 0 Å². The van der Waals surface area contributed by atoms with Crippen LogP contribution in [0.3, 0.4) is 0 Å². The fourth-order valence-corrected chi connectivity index (χ4v) is 4.79. The summed E-state index contributed by atoms with van der Waals surface area (Å²) in [6, 6.07) is 15.1. The molecule has 2 aromatic carbocycles. The van der Waals surface area contributed by atoms with Crippen molar-refractivity contribution < 1.29 is 8.42 Å². The Hall–Kier alpha value is -1.11. The summed E-state index contributed by atoms with van der Waals surface area (Å²) in [6.07, 6.45) is 0. The van der Waals surface area contributed by atoms with Crippen LogP contribution < -0.4 is 0 Å². The van der Waals surface area contributed by atoms with Gasteiger partial charge in [-0.05, 0) is 24.6 Å². The van der Waals surface area contributed by atoms with Gasteiger partial charge in [-0.15, -0.1) is 12.4 Å². The molecule has 1 aliphatic heterocycles. The lowest BCUT2D eigenvalue weighted by Gasteiger charge is -2.34. The van der Waals surface area contributed by atoms with Crippen LogP contribution in [0, 0.1) is 6.92 Å². The van der Waals surface area contributed by atoms with Gasteiger partial charge in [-0.2, -0.15) is 4.31 Å². The molecule has 1 aliphatic rings. The highest BCUT2D eigenvalue weighted by Gasteiger charge is 2.29. The minimum atomic E-state index is -3.52. The number of nitrogens with zero attached hydrogens (tertiary/aromatic N) is 2. The van der Waals surface area contributed by atoms with Crippen LogP contribution in [-0.2, 0) is 16.6 Å². The van der Waals surface area contributed by atoms with E-state index < -0.39 is 10.0 Å². The minimum Gasteiger partial charge on any atom is -0.296 e. The lowest BCUT2D eigenvalue weighted by molar-refractivity contribution is 0.181. The van der Waals surface area contributed by atoms with Gasteiger partial charge in [0.1, 0.15) is 4.90 Å². The standard InChI is InChI=1S/C18H21ClN2O2S.ClH/c1-15-6-8-16(9-7-15)14-20-10-12-21(13-11-20)24(22,23)18-5-3-2-4-17(18)19;/h2-9H,10-14H2,1H3;1H. The third kappa shape index (κ3) is 4.74. The molecule has 0 N–H and O–H groups in total. The SMILES string of the molecule is Cc1ccc(CN2CCN(S(=O)(=O)c3ccccc3Cl)CC2)cc1.Cl. The van der Waals surface area contributed by atoms with Crippen LogP contribution in [0.4, 0.5) is 0 Å². The number of halogens is 2. The van der Waals surface area contributed by atoms with Crippen LogP contribution in [-0.4, -0.2) is 43.8 Å². The molecule has 1 fully saturated rings. The molecule has 1 heterocycles. The molecule has 0 bridgehead atoms. The first kappa shape index (κ1) is 20.2. The molecule has 0 aromatic heterocycles. The average molecular weight is 401 g/mol. The van der Waals surface area contributed by atoms with Crippen molar-refractivity contribution in [3.63, 3.8) is 0 Å². The molecule has 0 atom stereocenters. The summed E-state index contributed by atoms with van der Waals surface area (Å²) in [5.74, 6) is 0. The summed E-state index contributed by atoms with van der Waals surface area (Å²) in [4.78, 5) is 2.47. The van der Waals surface area contributed by atoms with Gasteiger partial charge in [0, 0.05) is 32.7 Å². The molecular weight excluding hydrogens is 379 g/mol. The molecule has 0 unspecified atom stereocenters. The number of hydrogen-bond donors (Lipinski definition) is 0. The third-order valence-electron chi connectivity index (χ3n) is 4.31. The number of aryl methyl sites for hydroxylation is 1. The molecule has 0 radical (unpaired) electrons. The van der Waals surface area contributed by atoms with E-state index >= 15 is 0 Å². The predicted molar refractivity (Wildman–Crippen MR) is 104 cm³/mol. The molecule has 1 saturated heterocycles. The second kappa shape index (κ2) is 8.52. The summed E-state index contributed by atoms with van der Waals surface area (Å²) in [5, 5.41) is 0.277. The number of piperazine rings is 1. The maximum atomic E-state index is 12.7. The number of hydrogen-bond acceptors (Lipinski definition) is 3. The van der Waals surface area contributed by atoms with E-state index in [0.29, 0.717) is 13.1 Å². The molecule has 0 aliphatic carbocycles. The second-order valence-electron chi connectivity index (χ2n) is 6.10. The number of benzene rings is 2. The van der Waals surface area contributed by atoms with Gasteiger partial charge in [-0.25, -0.2) is 8.42 Å². The average Bonchev–Trinajstić information content (AvgIpc) is 2.58. The fraction of sp³-hybridized carbons (Fsp3) is 0.333. The van der Waals surface area contributed by atoms with E-state index in [0.717, 1.165) is 19.6 Å². The molecule has 0 amide bonds. The van der Waals surface area contributed by atoms with Gasteiger partial charge in [0.2, 0.25) is 10.0 Å². The third-order valence-corrected chi connectivity index (χ3v) is 6.71. The Labute approximate surface area is 160 Å². The zero-order valence-corrected chi connectivity index (χ0v) is 16.4. The first-order valence-corrected chi connectivity index (χ1v) is 9.81. The monoisotopic (exact) mass is 400 g/mol. The number of sulfonamides is 1. The van der Waals surface area contributed by atoms with E-state index in [-0.39, 0.29) is 22.3 Å². The Morgan fingerprint density at radius 3 is 2.16 bits per heavy atom. The van der Waals surface area contributed by atoms with Crippen molar-refractivity contribution in [2.24, 2.45) is 0 Å². The summed E-state index contributed by atoms with van der Waals surface area (Å²) in [7, 11) is -3.52.